The van der Waals surface area contributed by atoms with Crippen LogP contribution in [0.3, 0.4) is 0 Å². The van der Waals surface area contributed by atoms with Crippen molar-refractivity contribution in [3.8, 4) is 0 Å². The number of hydrogen-bond acceptors (Lipinski definition) is 5. The maximum atomic E-state index is 11.9. The molecule has 1 amide bonds. The molecule has 2 rings (SSSR count). The van der Waals surface area contributed by atoms with Crippen molar-refractivity contribution in [3.05, 3.63) is 17.5 Å². The second-order valence-electron chi connectivity index (χ2n) is 3.21. The van der Waals surface area contributed by atoms with Gasteiger partial charge in [-0.1, -0.05) is 17.8 Å². The zero-order chi connectivity index (χ0) is 12.5. The van der Waals surface area contributed by atoms with Crippen molar-refractivity contribution in [1.82, 2.24) is 4.90 Å². The summed E-state index contributed by atoms with van der Waals surface area (Å²) in [6.45, 7) is 2.22. The second-order valence-corrected chi connectivity index (χ2v) is 6.93. The Morgan fingerprint density at radius 1 is 1.53 bits per heavy atom. The van der Waals surface area contributed by atoms with E-state index in [9.17, 15) is 13.2 Å². The lowest BCUT2D eigenvalue weighted by molar-refractivity contribution is -0.123. The Hall–Kier alpha value is -0.860. The van der Waals surface area contributed by atoms with Gasteiger partial charge in [0, 0.05) is 6.54 Å². The number of carbonyl (C=O) groups excluding carboxylic acids is 1. The normalized spacial score (nSPS) is 19.2. The molecule has 17 heavy (non-hydrogen) atoms. The highest BCUT2D eigenvalue weighted by Gasteiger charge is 2.29. The van der Waals surface area contributed by atoms with Gasteiger partial charge < -0.3 is 0 Å². The number of nitrogens with zero attached hydrogens (tertiary/aromatic N) is 2. The largest absolute Gasteiger partial charge is 0.294 e. The van der Waals surface area contributed by atoms with Crippen LogP contribution in [-0.4, -0.2) is 36.7 Å². The minimum absolute atomic E-state index is 0.0994. The summed E-state index contributed by atoms with van der Waals surface area (Å²) in [5.41, 5.74) is 0. The van der Waals surface area contributed by atoms with E-state index in [0.29, 0.717) is 6.54 Å². The third kappa shape index (κ3) is 2.53. The van der Waals surface area contributed by atoms with Gasteiger partial charge in [-0.15, -0.1) is 15.7 Å². The third-order valence-electron chi connectivity index (χ3n) is 2.12. The zero-order valence-corrected chi connectivity index (χ0v) is 11.4. The summed E-state index contributed by atoms with van der Waals surface area (Å²) in [5, 5.41) is 1.95. The Morgan fingerprint density at radius 3 is 2.88 bits per heavy atom. The SMILES string of the molecule is CCN1C(=O)CSC1=NS(=O)(=O)c1cccs1. The van der Waals surface area contributed by atoms with E-state index in [0.717, 1.165) is 23.1 Å². The molecule has 1 aromatic heterocycles. The average Bonchev–Trinajstić information content (AvgIpc) is 2.88. The van der Waals surface area contributed by atoms with E-state index in [-0.39, 0.29) is 21.0 Å². The summed E-state index contributed by atoms with van der Waals surface area (Å²) in [5.74, 6) is 0.157. The van der Waals surface area contributed by atoms with E-state index in [1.807, 2.05) is 0 Å². The first-order valence-electron chi connectivity index (χ1n) is 4.86. The van der Waals surface area contributed by atoms with Crippen LogP contribution < -0.4 is 0 Å². The fraction of sp³-hybridized carbons (Fsp3) is 0.333. The van der Waals surface area contributed by atoms with E-state index in [2.05, 4.69) is 4.40 Å². The van der Waals surface area contributed by atoms with E-state index in [4.69, 9.17) is 0 Å². The van der Waals surface area contributed by atoms with Gasteiger partial charge in [-0.25, -0.2) is 0 Å². The van der Waals surface area contributed by atoms with E-state index in [1.54, 1.807) is 18.4 Å². The Balaban J connectivity index is 2.34. The molecule has 0 aliphatic carbocycles. The molecule has 0 atom stereocenters. The van der Waals surface area contributed by atoms with E-state index >= 15 is 0 Å². The second kappa shape index (κ2) is 4.79. The molecule has 0 bridgehead atoms. The van der Waals surface area contributed by atoms with Gasteiger partial charge in [-0.2, -0.15) is 8.42 Å². The van der Waals surface area contributed by atoms with Gasteiger partial charge in [-0.05, 0) is 18.4 Å². The minimum atomic E-state index is -3.68. The van der Waals surface area contributed by atoms with Crippen LogP contribution in [0, 0.1) is 0 Å². The lowest BCUT2D eigenvalue weighted by atomic mass is 10.5. The molecule has 1 aliphatic heterocycles. The summed E-state index contributed by atoms with van der Waals surface area (Å²) in [6, 6.07) is 3.16. The molecule has 5 nitrogen and oxygen atoms in total. The highest BCUT2D eigenvalue weighted by Crippen LogP contribution is 2.24. The van der Waals surface area contributed by atoms with Crippen molar-refractivity contribution in [2.75, 3.05) is 12.3 Å². The average molecular weight is 290 g/mol. The van der Waals surface area contributed by atoms with E-state index < -0.39 is 10.0 Å². The lowest BCUT2D eigenvalue weighted by Crippen LogP contribution is -2.29. The molecule has 2 heterocycles. The predicted molar refractivity (Wildman–Crippen MR) is 68.8 cm³/mol. The molecule has 0 saturated carbocycles. The number of thiophene rings is 1. The van der Waals surface area contributed by atoms with Crippen LogP contribution in [0.15, 0.2) is 26.1 Å². The summed E-state index contributed by atoms with van der Waals surface area (Å²) in [4.78, 5) is 12.8. The molecule has 0 aromatic carbocycles. The van der Waals surface area contributed by atoms with Crippen molar-refractivity contribution >= 4 is 44.2 Å². The first kappa shape index (κ1) is 12.6. The third-order valence-corrected chi connectivity index (χ3v) is 5.84. The number of rotatable bonds is 3. The lowest BCUT2D eigenvalue weighted by Gasteiger charge is -2.11. The maximum Gasteiger partial charge on any atom is 0.294 e. The number of amides is 1. The van der Waals surface area contributed by atoms with Gasteiger partial charge in [0.25, 0.3) is 10.0 Å². The molecule has 1 fully saturated rings. The molecule has 8 heteroatoms. The van der Waals surface area contributed by atoms with Crippen molar-refractivity contribution in [2.45, 2.75) is 11.1 Å². The Labute approximate surface area is 108 Å². The predicted octanol–water partition coefficient (Wildman–Crippen LogP) is 1.39. The van der Waals surface area contributed by atoms with Crippen LogP contribution in [-0.2, 0) is 14.8 Å². The van der Waals surface area contributed by atoms with Gasteiger partial charge in [0.1, 0.15) is 4.21 Å². The molecule has 0 unspecified atom stereocenters. The highest BCUT2D eigenvalue weighted by molar-refractivity contribution is 8.15. The van der Waals surface area contributed by atoms with Gasteiger partial charge >= 0.3 is 0 Å². The van der Waals surface area contributed by atoms with Crippen molar-refractivity contribution in [1.29, 1.82) is 0 Å². The smallest absolute Gasteiger partial charge is 0.290 e. The number of carbonyl (C=O) groups is 1. The molecular formula is C9H10N2O3S3. The number of amidine groups is 1. The van der Waals surface area contributed by atoms with Crippen LogP contribution in [0.5, 0.6) is 0 Å². The monoisotopic (exact) mass is 290 g/mol. The number of hydrogen-bond donors (Lipinski definition) is 0. The Kier molecular flexibility index (Phi) is 3.55. The molecule has 0 radical (unpaired) electrons. The topological polar surface area (TPSA) is 66.8 Å². The molecule has 1 saturated heterocycles. The van der Waals surface area contributed by atoms with Crippen LogP contribution in [0.25, 0.3) is 0 Å². The molecule has 1 aliphatic rings. The number of thioether (sulfide) groups is 1. The minimum Gasteiger partial charge on any atom is -0.290 e. The standard InChI is InChI=1S/C9H10N2O3S3/c1-2-11-7(12)6-16-9(11)10-17(13,14)8-4-3-5-15-8/h3-5H,2,6H2,1H3. The fourth-order valence-corrected chi connectivity index (χ4v) is 4.49. The van der Waals surface area contributed by atoms with Crippen LogP contribution in [0.1, 0.15) is 6.92 Å². The summed E-state index contributed by atoms with van der Waals surface area (Å²) in [7, 11) is -3.68. The van der Waals surface area contributed by atoms with Gasteiger partial charge in [-0.3, -0.25) is 9.69 Å². The van der Waals surface area contributed by atoms with Crippen molar-refractivity contribution in [2.24, 2.45) is 4.40 Å². The highest BCUT2D eigenvalue weighted by atomic mass is 32.2. The molecule has 1 aromatic rings. The number of sulfonamides is 1. The Bertz CT molecular complexity index is 548. The fourth-order valence-electron chi connectivity index (χ4n) is 1.33. The van der Waals surface area contributed by atoms with Crippen LogP contribution >= 0.6 is 23.1 Å². The molecule has 0 spiro atoms. The summed E-state index contributed by atoms with van der Waals surface area (Å²) in [6.07, 6.45) is 0. The summed E-state index contributed by atoms with van der Waals surface area (Å²) < 4.78 is 27.7. The first-order valence-corrected chi connectivity index (χ1v) is 8.17. The van der Waals surface area contributed by atoms with Gasteiger partial charge in [0.2, 0.25) is 5.91 Å². The Morgan fingerprint density at radius 2 is 2.29 bits per heavy atom. The van der Waals surface area contributed by atoms with Crippen LogP contribution in [0.4, 0.5) is 0 Å². The molecule has 0 N–H and O–H groups in total. The van der Waals surface area contributed by atoms with Crippen molar-refractivity contribution < 1.29 is 13.2 Å². The quantitative estimate of drug-likeness (QED) is 0.843. The van der Waals surface area contributed by atoms with Gasteiger partial charge in [0.05, 0.1) is 5.75 Å². The maximum absolute atomic E-state index is 11.9. The van der Waals surface area contributed by atoms with E-state index in [1.165, 1.54) is 11.0 Å². The first-order chi connectivity index (χ1) is 8.04. The van der Waals surface area contributed by atoms with Crippen LogP contribution in [0.2, 0.25) is 0 Å². The van der Waals surface area contributed by atoms with Crippen molar-refractivity contribution in [3.63, 3.8) is 0 Å². The summed E-state index contributed by atoms with van der Waals surface area (Å²) >= 11 is 2.27. The van der Waals surface area contributed by atoms with Gasteiger partial charge in [0.15, 0.2) is 5.17 Å². The molecule has 92 valence electrons. The zero-order valence-electron chi connectivity index (χ0n) is 8.99. The molecular weight excluding hydrogens is 280 g/mol.